The van der Waals surface area contributed by atoms with Crippen molar-refractivity contribution in [2.24, 2.45) is 5.73 Å². The molecular formula is C14H24N4O. The number of pyridine rings is 1. The molecule has 0 radical (unpaired) electrons. The highest BCUT2D eigenvalue weighted by Gasteiger charge is 2.24. The van der Waals surface area contributed by atoms with E-state index >= 15 is 0 Å². The molecule has 1 aliphatic heterocycles. The molecule has 2 heterocycles. The summed E-state index contributed by atoms with van der Waals surface area (Å²) in [5, 5.41) is 0. The summed E-state index contributed by atoms with van der Waals surface area (Å²) >= 11 is 0. The van der Waals surface area contributed by atoms with Gasteiger partial charge in [-0.25, -0.2) is 0 Å². The van der Waals surface area contributed by atoms with Crippen molar-refractivity contribution in [2.75, 3.05) is 40.8 Å². The van der Waals surface area contributed by atoms with Crippen molar-refractivity contribution in [3.8, 4) is 5.75 Å². The van der Waals surface area contributed by atoms with Crippen molar-refractivity contribution in [1.29, 1.82) is 0 Å². The van der Waals surface area contributed by atoms with Gasteiger partial charge in [-0.1, -0.05) is 0 Å². The first kappa shape index (κ1) is 14.2. The lowest BCUT2D eigenvalue weighted by atomic mass is 9.99. The molecule has 1 aromatic rings. The number of hydrogen-bond acceptors (Lipinski definition) is 5. The smallest absolute Gasteiger partial charge is 0.137 e. The van der Waals surface area contributed by atoms with Gasteiger partial charge in [-0.05, 0) is 32.1 Å². The second-order valence-corrected chi connectivity index (χ2v) is 5.40. The standard InChI is InChI=1S/C14H24N4O/c1-17-4-5-18(2)12(10-17)7-14(15)11-6-13(19-3)9-16-8-11/h6,8-9,12,14H,4-5,7,10,15H2,1-3H3. The molecule has 106 valence electrons. The van der Waals surface area contributed by atoms with Crippen LogP contribution in [0.25, 0.3) is 0 Å². The Morgan fingerprint density at radius 1 is 1.42 bits per heavy atom. The Morgan fingerprint density at radius 2 is 2.21 bits per heavy atom. The average molecular weight is 264 g/mol. The van der Waals surface area contributed by atoms with Gasteiger partial charge in [-0.15, -0.1) is 0 Å². The van der Waals surface area contributed by atoms with Crippen LogP contribution in [0.15, 0.2) is 18.5 Å². The maximum atomic E-state index is 6.32. The van der Waals surface area contributed by atoms with Crippen molar-refractivity contribution >= 4 is 0 Å². The van der Waals surface area contributed by atoms with E-state index in [-0.39, 0.29) is 6.04 Å². The lowest BCUT2D eigenvalue weighted by Gasteiger charge is -2.38. The molecule has 0 aliphatic carbocycles. The van der Waals surface area contributed by atoms with Crippen molar-refractivity contribution in [3.05, 3.63) is 24.0 Å². The monoisotopic (exact) mass is 264 g/mol. The van der Waals surface area contributed by atoms with Gasteiger partial charge >= 0.3 is 0 Å². The molecule has 1 fully saturated rings. The van der Waals surface area contributed by atoms with Crippen molar-refractivity contribution in [3.63, 3.8) is 0 Å². The Hall–Kier alpha value is -1.17. The molecular weight excluding hydrogens is 240 g/mol. The predicted octanol–water partition coefficient (Wildman–Crippen LogP) is 0.726. The van der Waals surface area contributed by atoms with E-state index in [1.54, 1.807) is 13.3 Å². The van der Waals surface area contributed by atoms with Crippen LogP contribution in [0.3, 0.4) is 0 Å². The van der Waals surface area contributed by atoms with Crippen LogP contribution >= 0.6 is 0 Å². The minimum atomic E-state index is 0.00144. The fourth-order valence-corrected chi connectivity index (χ4v) is 2.54. The molecule has 2 unspecified atom stereocenters. The maximum absolute atomic E-state index is 6.32. The zero-order chi connectivity index (χ0) is 13.8. The maximum Gasteiger partial charge on any atom is 0.137 e. The lowest BCUT2D eigenvalue weighted by Crippen LogP contribution is -2.50. The second-order valence-electron chi connectivity index (χ2n) is 5.40. The van der Waals surface area contributed by atoms with Crippen molar-refractivity contribution in [1.82, 2.24) is 14.8 Å². The Kier molecular flexibility index (Phi) is 4.74. The highest BCUT2D eigenvalue weighted by atomic mass is 16.5. The Labute approximate surface area is 115 Å². The van der Waals surface area contributed by atoms with E-state index in [4.69, 9.17) is 10.5 Å². The summed E-state index contributed by atoms with van der Waals surface area (Å²) in [6, 6.07) is 2.48. The van der Waals surface area contributed by atoms with Crippen LogP contribution in [-0.4, -0.2) is 61.7 Å². The SMILES string of the molecule is COc1cncc(C(N)CC2CN(C)CCN2C)c1. The van der Waals surface area contributed by atoms with Gasteiger partial charge in [0.15, 0.2) is 0 Å². The van der Waals surface area contributed by atoms with Gasteiger partial charge in [-0.2, -0.15) is 0 Å². The van der Waals surface area contributed by atoms with Crippen LogP contribution < -0.4 is 10.5 Å². The second kappa shape index (κ2) is 6.32. The minimum absolute atomic E-state index is 0.00144. The number of ether oxygens (including phenoxy) is 1. The molecule has 2 N–H and O–H groups in total. The normalized spacial score (nSPS) is 23.3. The van der Waals surface area contributed by atoms with Crippen LogP contribution in [0.1, 0.15) is 18.0 Å². The van der Waals surface area contributed by atoms with Crippen molar-refractivity contribution in [2.45, 2.75) is 18.5 Å². The Balaban J connectivity index is 2.01. The molecule has 2 rings (SSSR count). The van der Waals surface area contributed by atoms with Gasteiger partial charge in [0.1, 0.15) is 5.75 Å². The first-order chi connectivity index (χ1) is 9.10. The third kappa shape index (κ3) is 3.65. The highest BCUT2D eigenvalue weighted by Crippen LogP contribution is 2.22. The molecule has 19 heavy (non-hydrogen) atoms. The molecule has 0 amide bonds. The number of aromatic nitrogens is 1. The molecule has 5 heteroatoms. The largest absolute Gasteiger partial charge is 0.495 e. The molecule has 5 nitrogen and oxygen atoms in total. The van der Waals surface area contributed by atoms with Crippen LogP contribution in [0.4, 0.5) is 0 Å². The van der Waals surface area contributed by atoms with E-state index in [2.05, 4.69) is 28.9 Å². The summed E-state index contributed by atoms with van der Waals surface area (Å²) in [5.41, 5.74) is 7.36. The van der Waals surface area contributed by atoms with Crippen molar-refractivity contribution < 1.29 is 4.74 Å². The van der Waals surface area contributed by atoms with E-state index in [0.29, 0.717) is 6.04 Å². The van der Waals surface area contributed by atoms with E-state index in [9.17, 15) is 0 Å². The van der Waals surface area contributed by atoms with Crippen LogP contribution in [-0.2, 0) is 0 Å². The zero-order valence-corrected chi connectivity index (χ0v) is 12.0. The summed E-state index contributed by atoms with van der Waals surface area (Å²) in [7, 11) is 5.99. The minimum Gasteiger partial charge on any atom is -0.495 e. The number of piperazine rings is 1. The summed E-state index contributed by atoms with van der Waals surface area (Å²) in [6.45, 7) is 3.30. The zero-order valence-electron chi connectivity index (χ0n) is 12.0. The lowest BCUT2D eigenvalue weighted by molar-refractivity contribution is 0.104. The summed E-state index contributed by atoms with van der Waals surface area (Å²) < 4.78 is 5.20. The number of hydrogen-bond donors (Lipinski definition) is 1. The predicted molar refractivity (Wildman–Crippen MR) is 76.2 cm³/mol. The fraction of sp³-hybridized carbons (Fsp3) is 0.643. The Bertz CT molecular complexity index is 412. The highest BCUT2D eigenvalue weighted by molar-refractivity contribution is 5.25. The fourth-order valence-electron chi connectivity index (χ4n) is 2.54. The molecule has 0 bridgehead atoms. The van der Waals surface area contributed by atoms with Gasteiger partial charge in [0, 0.05) is 37.9 Å². The van der Waals surface area contributed by atoms with Crippen LogP contribution in [0, 0.1) is 0 Å². The quantitative estimate of drug-likeness (QED) is 0.868. The van der Waals surface area contributed by atoms with E-state index < -0.39 is 0 Å². The Morgan fingerprint density at radius 3 is 2.95 bits per heavy atom. The molecule has 0 spiro atoms. The van der Waals surface area contributed by atoms with Gasteiger partial charge in [-0.3, -0.25) is 4.98 Å². The number of nitrogens with two attached hydrogens (primary N) is 1. The third-order valence-corrected chi connectivity index (χ3v) is 3.90. The van der Waals surface area contributed by atoms with Gasteiger partial charge in [0.2, 0.25) is 0 Å². The molecule has 2 atom stereocenters. The summed E-state index contributed by atoms with van der Waals surface area (Å²) in [6.07, 6.45) is 4.48. The topological polar surface area (TPSA) is 54.6 Å². The molecule has 0 saturated carbocycles. The van der Waals surface area contributed by atoms with E-state index in [1.807, 2.05) is 12.3 Å². The number of likely N-dealkylation sites (N-methyl/N-ethyl adjacent to an activating group) is 2. The third-order valence-electron chi connectivity index (χ3n) is 3.90. The number of rotatable bonds is 4. The first-order valence-corrected chi connectivity index (χ1v) is 6.73. The van der Waals surface area contributed by atoms with E-state index in [0.717, 1.165) is 37.4 Å². The number of methoxy groups -OCH3 is 1. The van der Waals surface area contributed by atoms with Gasteiger partial charge < -0.3 is 20.3 Å². The van der Waals surface area contributed by atoms with Crippen LogP contribution in [0.5, 0.6) is 5.75 Å². The van der Waals surface area contributed by atoms with E-state index in [1.165, 1.54) is 0 Å². The van der Waals surface area contributed by atoms with Gasteiger partial charge in [0.05, 0.1) is 13.3 Å². The molecule has 1 aromatic heterocycles. The first-order valence-electron chi connectivity index (χ1n) is 6.73. The average Bonchev–Trinajstić information content (AvgIpc) is 2.43. The molecule has 0 aromatic carbocycles. The number of nitrogens with zero attached hydrogens (tertiary/aromatic N) is 3. The summed E-state index contributed by atoms with van der Waals surface area (Å²) in [4.78, 5) is 8.93. The molecule has 1 aliphatic rings. The molecule has 1 saturated heterocycles. The van der Waals surface area contributed by atoms with Gasteiger partial charge in [0.25, 0.3) is 0 Å². The van der Waals surface area contributed by atoms with Crippen LogP contribution in [0.2, 0.25) is 0 Å². The summed E-state index contributed by atoms with van der Waals surface area (Å²) in [5.74, 6) is 0.766.